The molecule has 88 valence electrons. The lowest BCUT2D eigenvalue weighted by Crippen LogP contribution is -2.34. The van der Waals surface area contributed by atoms with Crippen molar-refractivity contribution >= 4 is 29.8 Å². The van der Waals surface area contributed by atoms with E-state index in [1.165, 1.54) is 0 Å². The van der Waals surface area contributed by atoms with Gasteiger partial charge in [-0.3, -0.25) is 4.79 Å². The number of allylic oxidation sites excluding steroid dienone is 5. The van der Waals surface area contributed by atoms with Crippen LogP contribution in [0.25, 0.3) is 0 Å². The molecule has 1 unspecified atom stereocenters. The standard InChI is InChI=1S/C13H19BrOSi/c1-6-7-13(2)8-10(14)12(15)11(9-13)16(3,4)5/h6,8-9H,1,7H2,2-5H3. The van der Waals surface area contributed by atoms with Crippen LogP contribution in [0, 0.1) is 5.41 Å². The van der Waals surface area contributed by atoms with Gasteiger partial charge < -0.3 is 0 Å². The summed E-state index contributed by atoms with van der Waals surface area (Å²) in [4.78, 5) is 12.1. The van der Waals surface area contributed by atoms with Crippen LogP contribution in [0.5, 0.6) is 0 Å². The minimum atomic E-state index is -1.57. The van der Waals surface area contributed by atoms with Gasteiger partial charge in [-0.25, -0.2) is 0 Å². The Hall–Kier alpha value is -0.413. The first-order valence-electron chi connectivity index (χ1n) is 5.47. The van der Waals surface area contributed by atoms with E-state index in [1.54, 1.807) is 0 Å². The number of halogens is 1. The molecule has 0 N–H and O–H groups in total. The molecule has 1 aliphatic rings. The Kier molecular flexibility index (Phi) is 3.80. The van der Waals surface area contributed by atoms with E-state index in [0.717, 1.165) is 11.6 Å². The Labute approximate surface area is 107 Å². The van der Waals surface area contributed by atoms with Crippen molar-refractivity contribution in [1.82, 2.24) is 0 Å². The number of carbonyl (C=O) groups excluding carboxylic acids is 1. The molecule has 1 atom stereocenters. The van der Waals surface area contributed by atoms with Crippen molar-refractivity contribution in [1.29, 1.82) is 0 Å². The largest absolute Gasteiger partial charge is 0.289 e. The van der Waals surface area contributed by atoms with E-state index in [4.69, 9.17) is 0 Å². The summed E-state index contributed by atoms with van der Waals surface area (Å²) in [6, 6.07) is 0. The van der Waals surface area contributed by atoms with E-state index in [1.807, 2.05) is 12.2 Å². The first kappa shape index (κ1) is 13.7. The number of ketones is 1. The highest BCUT2D eigenvalue weighted by atomic mass is 79.9. The van der Waals surface area contributed by atoms with E-state index in [-0.39, 0.29) is 11.2 Å². The van der Waals surface area contributed by atoms with Crippen molar-refractivity contribution in [2.75, 3.05) is 0 Å². The zero-order chi connectivity index (χ0) is 12.6. The Balaban J connectivity index is 3.23. The Morgan fingerprint density at radius 1 is 1.44 bits per heavy atom. The lowest BCUT2D eigenvalue weighted by Gasteiger charge is -2.31. The highest BCUT2D eigenvalue weighted by molar-refractivity contribution is 9.12. The first-order valence-corrected chi connectivity index (χ1v) is 9.76. The van der Waals surface area contributed by atoms with Crippen LogP contribution in [-0.2, 0) is 4.79 Å². The van der Waals surface area contributed by atoms with Gasteiger partial charge in [-0.05, 0) is 27.5 Å². The van der Waals surface area contributed by atoms with Crippen LogP contribution in [0.15, 0.2) is 34.5 Å². The molecule has 3 heteroatoms. The van der Waals surface area contributed by atoms with Crippen LogP contribution in [0.3, 0.4) is 0 Å². The maximum atomic E-state index is 12.1. The van der Waals surface area contributed by atoms with Crippen molar-refractivity contribution in [3.8, 4) is 0 Å². The fourth-order valence-corrected chi connectivity index (χ4v) is 4.40. The molecule has 0 aliphatic heterocycles. The molecule has 0 spiro atoms. The molecule has 1 aliphatic carbocycles. The topological polar surface area (TPSA) is 17.1 Å². The van der Waals surface area contributed by atoms with Crippen molar-refractivity contribution in [2.24, 2.45) is 5.41 Å². The van der Waals surface area contributed by atoms with Crippen LogP contribution < -0.4 is 0 Å². The van der Waals surface area contributed by atoms with Gasteiger partial charge in [-0.1, -0.05) is 44.8 Å². The smallest absolute Gasteiger partial charge is 0.191 e. The molecule has 0 aromatic rings. The second-order valence-corrected chi connectivity index (χ2v) is 11.5. The summed E-state index contributed by atoms with van der Waals surface area (Å²) in [5.74, 6) is 0.167. The molecule has 0 saturated heterocycles. The fourth-order valence-electron chi connectivity index (χ4n) is 1.91. The van der Waals surface area contributed by atoms with Crippen LogP contribution in [0.2, 0.25) is 19.6 Å². The molecular formula is C13H19BrOSi. The van der Waals surface area contributed by atoms with Crippen LogP contribution in [-0.4, -0.2) is 13.9 Å². The third-order valence-electron chi connectivity index (χ3n) is 2.78. The molecule has 0 fully saturated rings. The molecule has 1 rings (SSSR count). The molecule has 0 heterocycles. The van der Waals surface area contributed by atoms with E-state index in [9.17, 15) is 4.79 Å². The molecule has 16 heavy (non-hydrogen) atoms. The SMILES string of the molecule is C=CCC1(C)C=C(Br)C(=O)C([Si](C)(C)C)=C1. The van der Waals surface area contributed by atoms with Gasteiger partial charge in [0.15, 0.2) is 5.78 Å². The minimum Gasteiger partial charge on any atom is -0.289 e. The number of hydrogen-bond donors (Lipinski definition) is 0. The third kappa shape index (κ3) is 2.83. The summed E-state index contributed by atoms with van der Waals surface area (Å²) in [5.41, 5.74) is -0.0654. The van der Waals surface area contributed by atoms with Gasteiger partial charge in [0.05, 0.1) is 12.6 Å². The maximum absolute atomic E-state index is 12.1. The molecule has 0 saturated carbocycles. The average Bonchev–Trinajstić information content (AvgIpc) is 2.10. The summed E-state index contributed by atoms with van der Waals surface area (Å²) in [7, 11) is -1.57. The predicted octanol–water partition coefficient (Wildman–Crippen LogP) is 4.23. The van der Waals surface area contributed by atoms with Crippen molar-refractivity contribution in [3.05, 3.63) is 34.5 Å². The molecule has 1 nitrogen and oxygen atoms in total. The molecule has 0 radical (unpaired) electrons. The quantitative estimate of drug-likeness (QED) is 0.563. The van der Waals surface area contributed by atoms with Gasteiger partial charge in [-0.15, -0.1) is 6.58 Å². The van der Waals surface area contributed by atoms with Gasteiger partial charge in [-0.2, -0.15) is 0 Å². The van der Waals surface area contributed by atoms with E-state index in [2.05, 4.69) is 55.1 Å². The highest BCUT2D eigenvalue weighted by Crippen LogP contribution is 2.38. The second-order valence-electron chi connectivity index (χ2n) is 5.63. The second kappa shape index (κ2) is 4.45. The van der Waals surface area contributed by atoms with Gasteiger partial charge in [0, 0.05) is 5.41 Å². The average molecular weight is 299 g/mol. The zero-order valence-electron chi connectivity index (χ0n) is 10.4. The number of Topliss-reactive ketones (excluding diaryl/α,β-unsaturated/α-hetero) is 1. The molecule has 0 amide bonds. The Bertz CT molecular complexity index is 387. The summed E-state index contributed by atoms with van der Waals surface area (Å²) >= 11 is 3.39. The van der Waals surface area contributed by atoms with Crippen molar-refractivity contribution in [3.63, 3.8) is 0 Å². The summed E-state index contributed by atoms with van der Waals surface area (Å²) in [6.07, 6.45) is 6.92. The minimum absolute atomic E-state index is 0.0654. The predicted molar refractivity (Wildman–Crippen MR) is 76.4 cm³/mol. The monoisotopic (exact) mass is 298 g/mol. The van der Waals surface area contributed by atoms with Crippen molar-refractivity contribution < 1.29 is 4.79 Å². The van der Waals surface area contributed by atoms with Gasteiger partial charge in [0.2, 0.25) is 0 Å². The molecule has 0 aromatic heterocycles. The zero-order valence-corrected chi connectivity index (χ0v) is 13.0. The molecule has 0 aromatic carbocycles. The Morgan fingerprint density at radius 3 is 2.44 bits per heavy atom. The maximum Gasteiger partial charge on any atom is 0.191 e. The van der Waals surface area contributed by atoms with Gasteiger partial charge >= 0.3 is 0 Å². The fraction of sp³-hybridized carbons (Fsp3) is 0.462. The number of rotatable bonds is 3. The van der Waals surface area contributed by atoms with Crippen LogP contribution in [0.1, 0.15) is 13.3 Å². The van der Waals surface area contributed by atoms with E-state index >= 15 is 0 Å². The van der Waals surface area contributed by atoms with Crippen molar-refractivity contribution in [2.45, 2.75) is 33.0 Å². The first-order chi connectivity index (χ1) is 7.19. The lowest BCUT2D eigenvalue weighted by molar-refractivity contribution is -0.111. The van der Waals surface area contributed by atoms with Gasteiger partial charge in [0.25, 0.3) is 0 Å². The lowest BCUT2D eigenvalue weighted by atomic mass is 9.83. The van der Waals surface area contributed by atoms with E-state index in [0.29, 0.717) is 4.48 Å². The van der Waals surface area contributed by atoms with Crippen LogP contribution in [0.4, 0.5) is 0 Å². The number of hydrogen-bond acceptors (Lipinski definition) is 1. The summed E-state index contributed by atoms with van der Waals surface area (Å²) in [6.45, 7) is 12.5. The normalized spacial score (nSPS) is 26.2. The number of carbonyl (C=O) groups is 1. The summed E-state index contributed by atoms with van der Waals surface area (Å²) < 4.78 is 0.705. The third-order valence-corrected chi connectivity index (χ3v) is 5.36. The van der Waals surface area contributed by atoms with Crippen LogP contribution >= 0.6 is 15.9 Å². The molecular weight excluding hydrogens is 280 g/mol. The molecule has 0 bridgehead atoms. The summed E-state index contributed by atoms with van der Waals surface area (Å²) in [5, 5.41) is 1.02. The highest BCUT2D eigenvalue weighted by Gasteiger charge is 2.34. The Morgan fingerprint density at radius 2 is 2.00 bits per heavy atom. The van der Waals surface area contributed by atoms with E-state index < -0.39 is 8.07 Å². The van der Waals surface area contributed by atoms with Gasteiger partial charge in [0.1, 0.15) is 0 Å².